The Morgan fingerprint density at radius 1 is 1.29 bits per heavy atom. The maximum Gasteiger partial charge on any atom is 0.124 e. The second kappa shape index (κ2) is 5.98. The van der Waals surface area contributed by atoms with Gasteiger partial charge in [-0.1, -0.05) is 15.9 Å². The molecule has 0 radical (unpaired) electrons. The highest BCUT2D eigenvalue weighted by molar-refractivity contribution is 9.10. The average Bonchev–Trinajstić information content (AvgIpc) is 2.73. The van der Waals surface area contributed by atoms with Gasteiger partial charge >= 0.3 is 0 Å². The van der Waals surface area contributed by atoms with Gasteiger partial charge in [0.2, 0.25) is 0 Å². The minimum atomic E-state index is -0.245. The normalized spacial score (nSPS) is 10.5. The van der Waals surface area contributed by atoms with Gasteiger partial charge in [0.1, 0.15) is 18.2 Å². The SMILES string of the molecule is Fc1ccc(OCc2cc(Br)cs2)c(CBr)c1. The van der Waals surface area contributed by atoms with Gasteiger partial charge < -0.3 is 4.74 Å². The van der Waals surface area contributed by atoms with Crippen molar-refractivity contribution in [1.82, 2.24) is 0 Å². The summed E-state index contributed by atoms with van der Waals surface area (Å²) >= 11 is 8.34. The van der Waals surface area contributed by atoms with Gasteiger partial charge in [-0.15, -0.1) is 11.3 Å². The van der Waals surface area contributed by atoms with Gasteiger partial charge in [0.25, 0.3) is 0 Å². The van der Waals surface area contributed by atoms with Gasteiger partial charge in [0.15, 0.2) is 0 Å². The quantitative estimate of drug-likeness (QED) is 0.669. The van der Waals surface area contributed by atoms with E-state index in [1.54, 1.807) is 17.4 Å². The molecule has 0 fully saturated rings. The zero-order valence-corrected chi connectivity index (χ0v) is 12.7. The first-order valence-electron chi connectivity index (χ1n) is 4.89. The maximum absolute atomic E-state index is 13.0. The van der Waals surface area contributed by atoms with Gasteiger partial charge in [0, 0.05) is 25.6 Å². The summed E-state index contributed by atoms with van der Waals surface area (Å²) < 4.78 is 19.8. The van der Waals surface area contributed by atoms with Gasteiger partial charge in [-0.2, -0.15) is 0 Å². The van der Waals surface area contributed by atoms with E-state index in [0.717, 1.165) is 14.9 Å². The molecule has 1 aromatic heterocycles. The van der Waals surface area contributed by atoms with E-state index in [1.807, 2.05) is 11.4 Å². The minimum Gasteiger partial charge on any atom is -0.488 e. The highest BCUT2D eigenvalue weighted by Crippen LogP contribution is 2.25. The van der Waals surface area contributed by atoms with Crippen LogP contribution in [0.1, 0.15) is 10.4 Å². The van der Waals surface area contributed by atoms with Crippen LogP contribution in [0.5, 0.6) is 5.75 Å². The number of benzene rings is 1. The van der Waals surface area contributed by atoms with Crippen molar-refractivity contribution in [2.75, 3.05) is 0 Å². The zero-order chi connectivity index (χ0) is 12.3. The molecule has 0 unspecified atom stereocenters. The van der Waals surface area contributed by atoms with Crippen LogP contribution in [0, 0.1) is 5.82 Å². The van der Waals surface area contributed by atoms with Crippen LogP contribution in [0.2, 0.25) is 0 Å². The van der Waals surface area contributed by atoms with Gasteiger partial charge in [-0.25, -0.2) is 4.39 Å². The molecule has 0 atom stereocenters. The Bertz CT molecular complexity index is 513. The highest BCUT2D eigenvalue weighted by atomic mass is 79.9. The summed E-state index contributed by atoms with van der Waals surface area (Å²) in [6, 6.07) is 6.57. The number of ether oxygens (including phenoxy) is 1. The monoisotopic (exact) mass is 378 g/mol. The first-order chi connectivity index (χ1) is 8.19. The smallest absolute Gasteiger partial charge is 0.124 e. The summed E-state index contributed by atoms with van der Waals surface area (Å²) in [6.45, 7) is 0.502. The molecule has 0 aliphatic rings. The molecule has 0 spiro atoms. The minimum absolute atomic E-state index is 0.245. The number of rotatable bonds is 4. The fraction of sp³-hybridized carbons (Fsp3) is 0.167. The Morgan fingerprint density at radius 3 is 2.76 bits per heavy atom. The number of hydrogen-bond donors (Lipinski definition) is 0. The Morgan fingerprint density at radius 2 is 2.12 bits per heavy atom. The zero-order valence-electron chi connectivity index (χ0n) is 8.75. The topological polar surface area (TPSA) is 9.23 Å². The van der Waals surface area contributed by atoms with Crippen LogP contribution < -0.4 is 4.74 Å². The number of halogens is 3. The molecule has 2 rings (SSSR count). The van der Waals surface area contributed by atoms with Crippen molar-refractivity contribution < 1.29 is 9.13 Å². The second-order valence-electron chi connectivity index (χ2n) is 3.41. The summed E-state index contributed by atoms with van der Waals surface area (Å²) in [5.74, 6) is 0.471. The Balaban J connectivity index is 2.08. The molecule has 1 aromatic carbocycles. The van der Waals surface area contributed by atoms with Crippen LogP contribution in [0.3, 0.4) is 0 Å². The number of thiophene rings is 1. The Hall–Kier alpha value is -0.390. The third-order valence-electron chi connectivity index (χ3n) is 2.16. The molecule has 0 N–H and O–H groups in total. The molecule has 0 aliphatic heterocycles. The van der Waals surface area contributed by atoms with Crippen LogP contribution in [0.4, 0.5) is 4.39 Å². The first-order valence-corrected chi connectivity index (χ1v) is 7.68. The van der Waals surface area contributed by atoms with E-state index in [1.165, 1.54) is 12.1 Å². The van der Waals surface area contributed by atoms with E-state index >= 15 is 0 Å². The van der Waals surface area contributed by atoms with Crippen LogP contribution >= 0.6 is 43.2 Å². The fourth-order valence-corrected chi connectivity index (χ4v) is 3.17. The molecule has 90 valence electrons. The van der Waals surface area contributed by atoms with Gasteiger partial charge in [-0.05, 0) is 40.2 Å². The van der Waals surface area contributed by atoms with Crippen LogP contribution in [-0.4, -0.2) is 0 Å². The van der Waals surface area contributed by atoms with Gasteiger partial charge in [0.05, 0.1) is 0 Å². The van der Waals surface area contributed by atoms with E-state index in [-0.39, 0.29) is 5.82 Å². The van der Waals surface area contributed by atoms with Crippen molar-refractivity contribution in [1.29, 1.82) is 0 Å². The molecule has 1 nitrogen and oxygen atoms in total. The van der Waals surface area contributed by atoms with Crippen molar-refractivity contribution in [3.8, 4) is 5.75 Å². The lowest BCUT2D eigenvalue weighted by Gasteiger charge is -2.08. The van der Waals surface area contributed by atoms with E-state index in [0.29, 0.717) is 17.7 Å². The van der Waals surface area contributed by atoms with Crippen molar-refractivity contribution in [3.63, 3.8) is 0 Å². The summed E-state index contributed by atoms with van der Waals surface area (Å²) in [5, 5.41) is 2.59. The lowest BCUT2D eigenvalue weighted by Crippen LogP contribution is -1.96. The van der Waals surface area contributed by atoms with Crippen LogP contribution in [0.25, 0.3) is 0 Å². The van der Waals surface area contributed by atoms with Crippen molar-refractivity contribution >= 4 is 43.2 Å². The summed E-state index contributed by atoms with van der Waals surface area (Å²) in [6.07, 6.45) is 0. The van der Waals surface area contributed by atoms with Crippen LogP contribution in [-0.2, 0) is 11.9 Å². The molecule has 0 bridgehead atoms. The summed E-state index contributed by atoms with van der Waals surface area (Å²) in [5.41, 5.74) is 0.820. The molecule has 0 saturated heterocycles. The lowest BCUT2D eigenvalue weighted by molar-refractivity contribution is 0.307. The summed E-state index contributed by atoms with van der Waals surface area (Å²) in [4.78, 5) is 1.13. The third-order valence-corrected chi connectivity index (χ3v) is 4.43. The molecule has 2 aromatic rings. The lowest BCUT2D eigenvalue weighted by atomic mass is 10.2. The average molecular weight is 380 g/mol. The predicted molar refractivity (Wildman–Crippen MR) is 75.4 cm³/mol. The molecular formula is C12H9Br2FOS. The van der Waals surface area contributed by atoms with Gasteiger partial charge in [-0.3, -0.25) is 0 Å². The summed E-state index contributed by atoms with van der Waals surface area (Å²) in [7, 11) is 0. The molecule has 1 heterocycles. The van der Waals surface area contributed by atoms with Crippen LogP contribution in [0.15, 0.2) is 34.1 Å². The molecule has 0 aliphatic carbocycles. The van der Waals surface area contributed by atoms with E-state index < -0.39 is 0 Å². The molecule has 0 saturated carbocycles. The molecule has 17 heavy (non-hydrogen) atoms. The highest BCUT2D eigenvalue weighted by Gasteiger charge is 2.05. The number of hydrogen-bond acceptors (Lipinski definition) is 2. The second-order valence-corrected chi connectivity index (χ2v) is 5.88. The van der Waals surface area contributed by atoms with E-state index in [9.17, 15) is 4.39 Å². The standard InChI is InChI=1S/C12H9Br2FOS/c13-5-8-3-10(15)1-2-12(8)16-6-11-4-9(14)7-17-11/h1-4,7H,5-6H2. The Labute approximate surface area is 120 Å². The van der Waals surface area contributed by atoms with E-state index in [2.05, 4.69) is 31.9 Å². The molecular weight excluding hydrogens is 371 g/mol. The fourth-order valence-electron chi connectivity index (χ4n) is 1.37. The van der Waals surface area contributed by atoms with E-state index in [4.69, 9.17) is 4.74 Å². The maximum atomic E-state index is 13.0. The van der Waals surface area contributed by atoms with Crippen molar-refractivity contribution in [3.05, 3.63) is 50.4 Å². The predicted octanol–water partition coefficient (Wildman–Crippen LogP) is 5.12. The molecule has 0 amide bonds. The third kappa shape index (κ3) is 3.53. The van der Waals surface area contributed by atoms with Crippen molar-refractivity contribution in [2.24, 2.45) is 0 Å². The largest absolute Gasteiger partial charge is 0.488 e. The Kier molecular flexibility index (Phi) is 4.59. The molecule has 5 heteroatoms. The number of alkyl halides is 1. The van der Waals surface area contributed by atoms with Crippen molar-refractivity contribution in [2.45, 2.75) is 11.9 Å². The first kappa shape index (κ1) is 13.1.